The van der Waals surface area contributed by atoms with Gasteiger partial charge in [-0.2, -0.15) is 0 Å². The maximum Gasteiger partial charge on any atom is 0.0468 e. The van der Waals surface area contributed by atoms with E-state index in [4.69, 9.17) is 0 Å². The van der Waals surface area contributed by atoms with Crippen LogP contribution in [-0.2, 0) is 5.41 Å². The van der Waals surface area contributed by atoms with Crippen LogP contribution in [0.25, 0.3) is 76.5 Å². The first-order chi connectivity index (χ1) is 27.5. The number of anilines is 3. The minimum atomic E-state index is -0.0494. The van der Waals surface area contributed by atoms with E-state index in [1.165, 1.54) is 87.6 Å². The highest BCUT2D eigenvalue weighted by Gasteiger charge is 2.35. The smallest absolute Gasteiger partial charge is 0.0468 e. The Labute approximate surface area is 327 Å². The topological polar surface area (TPSA) is 3.24 Å². The third-order valence-corrected chi connectivity index (χ3v) is 12.2. The zero-order chi connectivity index (χ0) is 37.4. The Balaban J connectivity index is 1.03. The van der Waals surface area contributed by atoms with E-state index in [9.17, 15) is 0 Å². The van der Waals surface area contributed by atoms with Crippen LogP contribution in [-0.4, -0.2) is 0 Å². The summed E-state index contributed by atoms with van der Waals surface area (Å²) in [5.74, 6) is 0. The van der Waals surface area contributed by atoms with E-state index >= 15 is 0 Å². The van der Waals surface area contributed by atoms with Crippen molar-refractivity contribution in [2.24, 2.45) is 0 Å². The van der Waals surface area contributed by atoms with Crippen molar-refractivity contribution in [2.75, 3.05) is 4.90 Å². The van der Waals surface area contributed by atoms with Gasteiger partial charge in [0.15, 0.2) is 0 Å². The highest BCUT2D eigenvalue weighted by molar-refractivity contribution is 6.20. The molecule has 1 heteroatoms. The third kappa shape index (κ3) is 5.16. The van der Waals surface area contributed by atoms with Gasteiger partial charge in [-0.3, -0.25) is 0 Å². The molecule has 0 spiro atoms. The Morgan fingerprint density at radius 3 is 1.77 bits per heavy atom. The van der Waals surface area contributed by atoms with Crippen molar-refractivity contribution < 1.29 is 0 Å². The fourth-order valence-corrected chi connectivity index (χ4v) is 9.31. The van der Waals surface area contributed by atoms with Crippen LogP contribution in [0.5, 0.6) is 0 Å². The normalized spacial score (nSPS) is 13.0. The van der Waals surface area contributed by atoms with Gasteiger partial charge in [-0.1, -0.05) is 166 Å². The van der Waals surface area contributed by atoms with Gasteiger partial charge in [0.05, 0.1) is 0 Å². The van der Waals surface area contributed by atoms with Crippen molar-refractivity contribution >= 4 is 60.2 Å². The van der Waals surface area contributed by atoms with Crippen LogP contribution in [0.2, 0.25) is 0 Å². The van der Waals surface area contributed by atoms with Gasteiger partial charge in [-0.05, 0) is 136 Å². The first-order valence-electron chi connectivity index (χ1n) is 19.6. The summed E-state index contributed by atoms with van der Waals surface area (Å²) in [5, 5.41) is 10.2. The molecule has 1 aliphatic rings. The predicted octanol–water partition coefficient (Wildman–Crippen LogP) is 15.4. The summed E-state index contributed by atoms with van der Waals surface area (Å²) < 4.78 is 0. The zero-order valence-corrected chi connectivity index (χ0v) is 31.5. The van der Waals surface area contributed by atoms with E-state index in [1.54, 1.807) is 0 Å². The maximum absolute atomic E-state index is 2.42. The Kier molecular flexibility index (Phi) is 7.28. The summed E-state index contributed by atoms with van der Waals surface area (Å²) in [6, 6.07) is 74.0. The number of nitrogens with zero attached hydrogens (tertiary/aromatic N) is 1. The molecule has 10 aromatic rings. The molecule has 0 radical (unpaired) electrons. The molecule has 0 saturated heterocycles. The van der Waals surface area contributed by atoms with Gasteiger partial charge in [0.2, 0.25) is 0 Å². The molecule has 56 heavy (non-hydrogen) atoms. The van der Waals surface area contributed by atoms with Gasteiger partial charge >= 0.3 is 0 Å². The van der Waals surface area contributed by atoms with E-state index in [2.05, 4.69) is 219 Å². The zero-order valence-electron chi connectivity index (χ0n) is 31.5. The summed E-state index contributed by atoms with van der Waals surface area (Å²) in [4.78, 5) is 2.42. The molecule has 1 nitrogen and oxygen atoms in total. The van der Waals surface area contributed by atoms with E-state index in [-0.39, 0.29) is 5.41 Å². The lowest BCUT2D eigenvalue weighted by Gasteiger charge is -2.28. The molecule has 0 N–H and O–H groups in total. The van der Waals surface area contributed by atoms with E-state index in [0.717, 1.165) is 17.1 Å². The summed E-state index contributed by atoms with van der Waals surface area (Å²) in [6.07, 6.45) is 0. The van der Waals surface area contributed by atoms with Gasteiger partial charge in [0.25, 0.3) is 0 Å². The van der Waals surface area contributed by atoms with Crippen molar-refractivity contribution in [1.29, 1.82) is 0 Å². The van der Waals surface area contributed by atoms with Crippen LogP contribution in [0.1, 0.15) is 25.0 Å². The average molecular weight is 714 g/mol. The largest absolute Gasteiger partial charge is 0.310 e. The number of fused-ring (bicyclic) bond motifs is 9. The average Bonchev–Trinajstić information content (AvgIpc) is 3.48. The summed E-state index contributed by atoms with van der Waals surface area (Å²) in [6.45, 7) is 4.69. The first kappa shape index (κ1) is 32.5. The highest BCUT2D eigenvalue weighted by Crippen LogP contribution is 2.51. The minimum absolute atomic E-state index is 0.0494. The second-order valence-electron chi connectivity index (χ2n) is 15.8. The van der Waals surface area contributed by atoms with Crippen LogP contribution >= 0.6 is 0 Å². The van der Waals surface area contributed by atoms with Crippen molar-refractivity contribution in [3.05, 3.63) is 211 Å². The quantitative estimate of drug-likeness (QED) is 0.161. The van der Waals surface area contributed by atoms with Crippen LogP contribution in [0.15, 0.2) is 200 Å². The molecule has 0 bridgehead atoms. The number of hydrogen-bond donors (Lipinski definition) is 0. The molecule has 0 unspecified atom stereocenters. The van der Waals surface area contributed by atoms with Crippen molar-refractivity contribution in [3.63, 3.8) is 0 Å². The number of benzene rings is 10. The molecule has 0 fully saturated rings. The Bertz CT molecular complexity index is 3170. The Hall–Kier alpha value is -6.96. The molecule has 264 valence electrons. The van der Waals surface area contributed by atoms with Crippen LogP contribution in [0.3, 0.4) is 0 Å². The lowest BCUT2D eigenvalue weighted by atomic mass is 9.82. The predicted molar refractivity (Wildman–Crippen MR) is 240 cm³/mol. The summed E-state index contributed by atoms with van der Waals surface area (Å²) >= 11 is 0. The van der Waals surface area contributed by atoms with Gasteiger partial charge in [0, 0.05) is 22.5 Å². The second-order valence-corrected chi connectivity index (χ2v) is 15.8. The van der Waals surface area contributed by atoms with Crippen molar-refractivity contribution in [3.8, 4) is 33.4 Å². The van der Waals surface area contributed by atoms with E-state index < -0.39 is 0 Å². The van der Waals surface area contributed by atoms with E-state index in [1.807, 2.05) is 0 Å². The lowest BCUT2D eigenvalue weighted by Crippen LogP contribution is -2.15. The SMILES string of the molecule is CC1(C)c2ccccc2-c2cc(N(c3ccc(-c4ccc5c(ccc6ccc7ccccc7c65)c4)cc3)c3cccc(-c4ccc5ccccc5c4)c3)ccc21. The molecule has 0 aliphatic heterocycles. The van der Waals surface area contributed by atoms with E-state index in [0.29, 0.717) is 0 Å². The van der Waals surface area contributed by atoms with Gasteiger partial charge in [-0.15, -0.1) is 0 Å². The molecule has 10 aromatic carbocycles. The summed E-state index contributed by atoms with van der Waals surface area (Å²) in [5.41, 5.74) is 13.5. The van der Waals surface area contributed by atoms with Crippen LogP contribution < -0.4 is 4.90 Å². The molecule has 11 rings (SSSR count). The Morgan fingerprint density at radius 1 is 0.321 bits per heavy atom. The Morgan fingerprint density at radius 2 is 0.893 bits per heavy atom. The van der Waals surface area contributed by atoms with Gasteiger partial charge in [-0.25, -0.2) is 0 Å². The number of hydrogen-bond acceptors (Lipinski definition) is 1. The standard InChI is InChI=1S/C55H39N/c1-55(2)52-17-8-7-16-50(52)51-35-47(29-31-53(51)55)56(46-14-9-13-41(34-46)43-22-18-36-10-3-4-12-40(36)32-43)45-27-24-37(25-28-45)42-26-30-49-44(33-42)23-21-39-20-19-38-11-5-6-15-48(38)54(39)49/h3-35H,1-2H3. The molecule has 0 aromatic heterocycles. The molecular weight excluding hydrogens is 675 g/mol. The monoisotopic (exact) mass is 713 g/mol. The molecule has 0 heterocycles. The van der Waals surface area contributed by atoms with Crippen LogP contribution in [0.4, 0.5) is 17.1 Å². The molecular formula is C55H39N. The van der Waals surface area contributed by atoms with Gasteiger partial charge < -0.3 is 4.90 Å². The van der Waals surface area contributed by atoms with Crippen molar-refractivity contribution in [1.82, 2.24) is 0 Å². The molecule has 1 aliphatic carbocycles. The second kappa shape index (κ2) is 12.5. The number of rotatable bonds is 5. The molecule has 0 amide bonds. The highest BCUT2D eigenvalue weighted by atomic mass is 15.1. The molecule has 0 atom stereocenters. The van der Waals surface area contributed by atoms with Crippen LogP contribution in [0, 0.1) is 0 Å². The minimum Gasteiger partial charge on any atom is -0.310 e. The first-order valence-corrected chi connectivity index (χ1v) is 19.6. The van der Waals surface area contributed by atoms with Gasteiger partial charge in [0.1, 0.15) is 0 Å². The third-order valence-electron chi connectivity index (χ3n) is 12.2. The fraction of sp³-hybridized carbons (Fsp3) is 0.0545. The molecule has 0 saturated carbocycles. The lowest BCUT2D eigenvalue weighted by molar-refractivity contribution is 0.660. The summed E-state index contributed by atoms with van der Waals surface area (Å²) in [7, 11) is 0. The fourth-order valence-electron chi connectivity index (χ4n) is 9.31. The maximum atomic E-state index is 2.42. The van der Waals surface area contributed by atoms with Crippen molar-refractivity contribution in [2.45, 2.75) is 19.3 Å².